The number of benzene rings is 1. The molecule has 9 heteroatoms. The molecule has 0 radical (unpaired) electrons. The number of hydrogen-bond donors (Lipinski definition) is 1. The SMILES string of the molecule is Cc1ccc(S(=O)(=O)N2CCCCC2)cc1NC(=O)CN(Cc1cccs1)C[C@@H]1CCCO1. The third-order valence-electron chi connectivity index (χ3n) is 6.25. The molecule has 180 valence electrons. The van der Waals surface area contributed by atoms with Crippen LogP contribution in [0.4, 0.5) is 5.69 Å². The predicted octanol–water partition coefficient (Wildman–Crippen LogP) is 3.85. The molecule has 3 heterocycles. The highest BCUT2D eigenvalue weighted by Crippen LogP contribution is 2.25. The molecule has 1 amide bonds. The Morgan fingerprint density at radius 2 is 2.03 bits per heavy atom. The molecular formula is C24H33N3O4S2. The van der Waals surface area contributed by atoms with E-state index in [1.54, 1.807) is 33.8 Å². The van der Waals surface area contributed by atoms with E-state index in [9.17, 15) is 13.2 Å². The zero-order valence-corrected chi connectivity index (χ0v) is 20.8. The van der Waals surface area contributed by atoms with E-state index >= 15 is 0 Å². The highest BCUT2D eigenvalue weighted by atomic mass is 32.2. The monoisotopic (exact) mass is 491 g/mol. The number of nitrogens with zero attached hydrogens (tertiary/aromatic N) is 2. The third-order valence-corrected chi connectivity index (χ3v) is 9.00. The summed E-state index contributed by atoms with van der Waals surface area (Å²) in [5, 5.41) is 5.00. The predicted molar refractivity (Wildman–Crippen MR) is 131 cm³/mol. The van der Waals surface area contributed by atoms with E-state index in [2.05, 4.69) is 16.3 Å². The fourth-order valence-corrected chi connectivity index (χ4v) is 6.72. The molecule has 0 saturated carbocycles. The molecule has 2 aliphatic heterocycles. The maximum absolute atomic E-state index is 13.1. The van der Waals surface area contributed by atoms with Gasteiger partial charge in [-0.05, 0) is 61.7 Å². The van der Waals surface area contributed by atoms with Crippen molar-refractivity contribution in [3.63, 3.8) is 0 Å². The molecule has 2 fully saturated rings. The van der Waals surface area contributed by atoms with E-state index in [1.807, 2.05) is 18.4 Å². The largest absolute Gasteiger partial charge is 0.377 e. The lowest BCUT2D eigenvalue weighted by molar-refractivity contribution is -0.117. The first-order chi connectivity index (χ1) is 15.9. The standard InChI is InChI=1S/C24H33N3O4S2/c1-19-9-10-22(33(29,30)27-11-3-2-4-12-27)15-23(19)25-24(28)18-26(16-20-7-5-13-31-20)17-21-8-6-14-32-21/h6,8-10,14-15,20H,2-5,7,11-13,16-18H2,1H3,(H,25,28)/t20-/m0/s1. The van der Waals surface area contributed by atoms with Crippen LogP contribution in [0.3, 0.4) is 0 Å². The Morgan fingerprint density at radius 3 is 2.73 bits per heavy atom. The third kappa shape index (κ3) is 6.42. The molecule has 0 bridgehead atoms. The number of ether oxygens (including phenoxy) is 1. The topological polar surface area (TPSA) is 79.0 Å². The van der Waals surface area contributed by atoms with Crippen molar-refractivity contribution in [1.29, 1.82) is 0 Å². The van der Waals surface area contributed by atoms with E-state index in [1.165, 1.54) is 4.88 Å². The van der Waals surface area contributed by atoms with E-state index in [4.69, 9.17) is 4.74 Å². The molecule has 1 N–H and O–H groups in total. The first-order valence-corrected chi connectivity index (χ1v) is 14.0. The summed E-state index contributed by atoms with van der Waals surface area (Å²) in [6.45, 7) is 5.38. The second kappa shape index (κ2) is 11.1. The van der Waals surface area contributed by atoms with Gasteiger partial charge < -0.3 is 10.1 Å². The van der Waals surface area contributed by atoms with E-state index < -0.39 is 10.0 Å². The second-order valence-corrected chi connectivity index (χ2v) is 11.8. The van der Waals surface area contributed by atoms with Crippen molar-refractivity contribution in [1.82, 2.24) is 9.21 Å². The molecule has 7 nitrogen and oxygen atoms in total. The van der Waals surface area contributed by atoms with Gasteiger partial charge in [-0.15, -0.1) is 11.3 Å². The van der Waals surface area contributed by atoms with E-state index in [0.29, 0.717) is 31.9 Å². The second-order valence-electron chi connectivity index (χ2n) is 8.87. The van der Waals surface area contributed by atoms with Gasteiger partial charge in [0.1, 0.15) is 0 Å². The summed E-state index contributed by atoms with van der Waals surface area (Å²) < 4.78 is 33.5. The van der Waals surface area contributed by atoms with Crippen LogP contribution < -0.4 is 5.32 Å². The van der Waals surface area contributed by atoms with Crippen molar-refractivity contribution in [3.8, 4) is 0 Å². The minimum Gasteiger partial charge on any atom is -0.377 e. The van der Waals surface area contributed by atoms with Gasteiger partial charge in [0.2, 0.25) is 15.9 Å². The molecule has 2 saturated heterocycles. The zero-order valence-electron chi connectivity index (χ0n) is 19.2. The molecule has 0 unspecified atom stereocenters. The van der Waals surface area contributed by atoms with Crippen molar-refractivity contribution in [2.24, 2.45) is 0 Å². The van der Waals surface area contributed by atoms with Crippen LogP contribution in [-0.4, -0.2) is 62.4 Å². The normalized spacial score (nSPS) is 19.8. The molecule has 33 heavy (non-hydrogen) atoms. The number of aryl methyl sites for hydroxylation is 1. The van der Waals surface area contributed by atoms with E-state index in [0.717, 1.165) is 44.3 Å². The number of thiophene rings is 1. The van der Waals surface area contributed by atoms with Gasteiger partial charge in [0.15, 0.2) is 0 Å². The number of sulfonamides is 1. The van der Waals surface area contributed by atoms with Crippen molar-refractivity contribution in [2.75, 3.05) is 38.1 Å². The van der Waals surface area contributed by atoms with Gasteiger partial charge >= 0.3 is 0 Å². The van der Waals surface area contributed by atoms with Crippen molar-refractivity contribution < 1.29 is 17.9 Å². The smallest absolute Gasteiger partial charge is 0.243 e. The maximum atomic E-state index is 13.1. The quantitative estimate of drug-likeness (QED) is 0.576. The highest BCUT2D eigenvalue weighted by Gasteiger charge is 2.27. The summed E-state index contributed by atoms with van der Waals surface area (Å²) in [5.41, 5.74) is 1.39. The number of rotatable bonds is 9. The first-order valence-electron chi connectivity index (χ1n) is 11.7. The van der Waals surface area contributed by atoms with Crippen LogP contribution in [0.2, 0.25) is 0 Å². The number of hydrogen-bond acceptors (Lipinski definition) is 6. The van der Waals surface area contributed by atoms with Gasteiger partial charge in [-0.1, -0.05) is 18.6 Å². The van der Waals surface area contributed by atoms with Crippen molar-refractivity contribution in [2.45, 2.75) is 56.6 Å². The molecule has 1 aromatic carbocycles. The minimum absolute atomic E-state index is 0.150. The van der Waals surface area contributed by atoms with Gasteiger partial charge in [-0.2, -0.15) is 4.31 Å². The van der Waals surface area contributed by atoms with E-state index in [-0.39, 0.29) is 23.5 Å². The lowest BCUT2D eigenvalue weighted by Crippen LogP contribution is -2.38. The Morgan fingerprint density at radius 1 is 1.21 bits per heavy atom. The molecule has 0 aliphatic carbocycles. The summed E-state index contributed by atoms with van der Waals surface area (Å²) in [5.74, 6) is -0.153. The number of piperidine rings is 1. The Balaban J connectivity index is 1.45. The Hall–Kier alpha value is -1.78. The van der Waals surface area contributed by atoms with Crippen LogP contribution in [0.25, 0.3) is 0 Å². The number of carbonyl (C=O) groups excluding carboxylic acids is 1. The molecule has 1 aromatic heterocycles. The van der Waals surface area contributed by atoms with Crippen molar-refractivity contribution >= 4 is 33.0 Å². The fourth-order valence-electron chi connectivity index (χ4n) is 4.43. The summed E-state index contributed by atoms with van der Waals surface area (Å²) in [6, 6.07) is 9.09. The summed E-state index contributed by atoms with van der Waals surface area (Å²) >= 11 is 1.68. The molecule has 0 spiro atoms. The van der Waals surface area contributed by atoms with Crippen LogP contribution in [0, 0.1) is 6.92 Å². The van der Waals surface area contributed by atoms with Crippen LogP contribution >= 0.6 is 11.3 Å². The van der Waals surface area contributed by atoms with Gasteiger partial charge in [-0.25, -0.2) is 8.42 Å². The number of carbonyl (C=O) groups is 1. The fraction of sp³-hybridized carbons (Fsp3) is 0.542. The van der Waals surface area contributed by atoms with Gasteiger partial charge in [0.05, 0.1) is 17.5 Å². The Bertz CT molecular complexity index is 1030. The molecule has 4 rings (SSSR count). The zero-order chi connectivity index (χ0) is 23.3. The average Bonchev–Trinajstić information content (AvgIpc) is 3.50. The lowest BCUT2D eigenvalue weighted by atomic mass is 10.2. The minimum atomic E-state index is -3.55. The average molecular weight is 492 g/mol. The molecule has 2 aliphatic rings. The van der Waals surface area contributed by atoms with Gasteiger partial charge in [0.25, 0.3) is 0 Å². The number of nitrogens with one attached hydrogen (secondary N) is 1. The molecular weight excluding hydrogens is 458 g/mol. The summed E-state index contributed by atoms with van der Waals surface area (Å²) in [4.78, 5) is 16.5. The Kier molecular flexibility index (Phi) is 8.19. The number of anilines is 1. The number of amides is 1. The molecule has 1 atom stereocenters. The first kappa shape index (κ1) is 24.3. The van der Waals surface area contributed by atoms with Gasteiger partial charge in [0, 0.05) is 43.4 Å². The van der Waals surface area contributed by atoms with Crippen LogP contribution in [0.15, 0.2) is 40.6 Å². The van der Waals surface area contributed by atoms with Crippen LogP contribution in [0.5, 0.6) is 0 Å². The maximum Gasteiger partial charge on any atom is 0.243 e. The molecule has 2 aromatic rings. The van der Waals surface area contributed by atoms with Gasteiger partial charge in [-0.3, -0.25) is 9.69 Å². The highest BCUT2D eigenvalue weighted by molar-refractivity contribution is 7.89. The van der Waals surface area contributed by atoms with Crippen LogP contribution in [-0.2, 0) is 26.1 Å². The Labute approximate surface area is 200 Å². The summed E-state index contributed by atoms with van der Waals surface area (Å²) in [7, 11) is -3.55. The van der Waals surface area contributed by atoms with Crippen molar-refractivity contribution in [3.05, 3.63) is 46.2 Å². The van der Waals surface area contributed by atoms with Crippen LogP contribution in [0.1, 0.15) is 42.5 Å². The lowest BCUT2D eigenvalue weighted by Gasteiger charge is -2.26. The summed E-state index contributed by atoms with van der Waals surface area (Å²) in [6.07, 6.45) is 5.06.